The number of hydrogen-bond donors (Lipinski definition) is 1. The van der Waals surface area contributed by atoms with E-state index in [-0.39, 0.29) is 19.1 Å². The van der Waals surface area contributed by atoms with Crippen molar-refractivity contribution in [3.05, 3.63) is 95.6 Å². The molecule has 3 aromatic carbocycles. The van der Waals surface area contributed by atoms with Crippen molar-refractivity contribution in [1.29, 1.82) is 0 Å². The molecule has 0 radical (unpaired) electrons. The fourth-order valence-electron chi connectivity index (χ4n) is 3.94. The Hall–Kier alpha value is -4.13. The summed E-state index contributed by atoms with van der Waals surface area (Å²) in [6.45, 7) is 0.0302. The van der Waals surface area contributed by atoms with E-state index in [4.69, 9.17) is 9.47 Å². The lowest BCUT2D eigenvalue weighted by Gasteiger charge is -2.20. The summed E-state index contributed by atoms with van der Waals surface area (Å²) < 4.78 is 10.4. The molecule has 1 aliphatic carbocycles. The van der Waals surface area contributed by atoms with Gasteiger partial charge in [-0.3, -0.25) is 4.79 Å². The van der Waals surface area contributed by atoms with Gasteiger partial charge in [-0.25, -0.2) is 4.79 Å². The maximum absolute atomic E-state index is 12.3. The summed E-state index contributed by atoms with van der Waals surface area (Å²) >= 11 is 0. The molecule has 1 aliphatic rings. The van der Waals surface area contributed by atoms with Crippen molar-refractivity contribution in [2.45, 2.75) is 25.0 Å². The molecule has 3 aromatic rings. The molecule has 1 atom stereocenters. The molecular formula is C26H22NO6-. The average Bonchev–Trinajstić information content (AvgIpc) is 3.15. The molecule has 7 nitrogen and oxygen atoms in total. The van der Waals surface area contributed by atoms with Gasteiger partial charge in [0.05, 0.1) is 18.4 Å². The Bertz CT molecular complexity index is 1110. The number of amides is 1. The maximum Gasteiger partial charge on any atom is 0.407 e. The van der Waals surface area contributed by atoms with Gasteiger partial charge < -0.3 is 24.7 Å². The minimum absolute atomic E-state index is 0.00435. The van der Waals surface area contributed by atoms with E-state index in [0.29, 0.717) is 0 Å². The maximum atomic E-state index is 12.3. The van der Waals surface area contributed by atoms with Crippen molar-refractivity contribution in [2.75, 3.05) is 6.61 Å². The van der Waals surface area contributed by atoms with Gasteiger partial charge >= 0.3 is 12.1 Å². The summed E-state index contributed by atoms with van der Waals surface area (Å²) in [4.78, 5) is 35.8. The fraction of sp³-hybridized carbons (Fsp3) is 0.192. The average molecular weight is 444 g/mol. The van der Waals surface area contributed by atoms with Crippen LogP contribution in [0.15, 0.2) is 78.9 Å². The van der Waals surface area contributed by atoms with Crippen LogP contribution >= 0.6 is 0 Å². The van der Waals surface area contributed by atoms with E-state index in [1.807, 2.05) is 54.6 Å². The van der Waals surface area contributed by atoms with Crippen molar-refractivity contribution in [3.8, 4) is 11.1 Å². The number of nitrogens with one attached hydrogen (secondary N) is 1. The lowest BCUT2D eigenvalue weighted by atomic mass is 9.98. The molecule has 0 aromatic heterocycles. The minimum Gasteiger partial charge on any atom is -0.548 e. The molecule has 0 heterocycles. The highest BCUT2D eigenvalue weighted by Gasteiger charge is 2.29. The van der Waals surface area contributed by atoms with E-state index in [2.05, 4.69) is 5.32 Å². The Labute approximate surface area is 191 Å². The molecule has 0 fully saturated rings. The molecule has 168 valence electrons. The number of carboxylic acid groups (broad SMARTS) is 1. The quantitative estimate of drug-likeness (QED) is 0.536. The van der Waals surface area contributed by atoms with Crippen LogP contribution in [0, 0.1) is 0 Å². The zero-order valence-electron chi connectivity index (χ0n) is 17.7. The van der Waals surface area contributed by atoms with Crippen LogP contribution in [0.25, 0.3) is 11.1 Å². The number of hydrogen-bond acceptors (Lipinski definition) is 6. The van der Waals surface area contributed by atoms with Crippen molar-refractivity contribution in [1.82, 2.24) is 5.32 Å². The molecule has 33 heavy (non-hydrogen) atoms. The van der Waals surface area contributed by atoms with Gasteiger partial charge in [0, 0.05) is 5.92 Å². The first-order valence-electron chi connectivity index (χ1n) is 10.5. The zero-order valence-corrected chi connectivity index (χ0v) is 17.7. The number of carbonyl (C=O) groups excluding carboxylic acids is 3. The van der Waals surface area contributed by atoms with Crippen LogP contribution < -0.4 is 10.4 Å². The van der Waals surface area contributed by atoms with Crippen LogP contribution in [0.2, 0.25) is 0 Å². The van der Waals surface area contributed by atoms with Crippen molar-refractivity contribution >= 4 is 18.0 Å². The monoisotopic (exact) mass is 444 g/mol. The van der Waals surface area contributed by atoms with E-state index < -0.39 is 30.5 Å². The third-order valence-electron chi connectivity index (χ3n) is 5.53. The van der Waals surface area contributed by atoms with Gasteiger partial charge in [-0.1, -0.05) is 78.9 Å². The first-order valence-corrected chi connectivity index (χ1v) is 10.5. The highest BCUT2D eigenvalue weighted by atomic mass is 16.6. The summed E-state index contributed by atoms with van der Waals surface area (Å²) in [6, 6.07) is 23.1. The third-order valence-corrected chi connectivity index (χ3v) is 5.53. The molecule has 7 heteroatoms. The van der Waals surface area contributed by atoms with Crippen LogP contribution in [-0.2, 0) is 25.7 Å². The molecule has 0 saturated heterocycles. The molecule has 0 spiro atoms. The van der Waals surface area contributed by atoms with Crippen LogP contribution in [0.5, 0.6) is 0 Å². The number of ether oxygens (including phenoxy) is 2. The number of benzene rings is 3. The zero-order chi connectivity index (χ0) is 23.2. The number of aliphatic carboxylic acids is 1. The molecule has 0 aliphatic heterocycles. The van der Waals surface area contributed by atoms with Crippen molar-refractivity contribution < 1.29 is 29.0 Å². The van der Waals surface area contributed by atoms with Gasteiger partial charge in [0.1, 0.15) is 13.2 Å². The van der Waals surface area contributed by atoms with Crippen LogP contribution in [-0.4, -0.2) is 30.7 Å². The Morgan fingerprint density at radius 2 is 1.39 bits per heavy atom. The summed E-state index contributed by atoms with van der Waals surface area (Å²) in [5.41, 5.74) is 4.99. The SMILES string of the molecule is O=C(C[C@@H](NC(=O)OCC1c2ccccc2-c2ccccc21)C(=O)[O-])OCc1ccccc1. The van der Waals surface area contributed by atoms with Crippen LogP contribution in [0.1, 0.15) is 29.0 Å². The molecule has 0 unspecified atom stereocenters. The number of carboxylic acids is 1. The van der Waals surface area contributed by atoms with Gasteiger partial charge in [-0.05, 0) is 27.8 Å². The number of fused-ring (bicyclic) bond motifs is 3. The summed E-state index contributed by atoms with van der Waals surface area (Å²) in [6.07, 6.45) is -1.51. The summed E-state index contributed by atoms with van der Waals surface area (Å²) in [5.74, 6) is -2.53. The Morgan fingerprint density at radius 1 is 0.818 bits per heavy atom. The number of alkyl carbamates (subject to hydrolysis) is 1. The van der Waals surface area contributed by atoms with E-state index >= 15 is 0 Å². The Kier molecular flexibility index (Phi) is 6.69. The largest absolute Gasteiger partial charge is 0.548 e. The minimum atomic E-state index is -1.60. The third kappa shape index (κ3) is 5.20. The highest BCUT2D eigenvalue weighted by molar-refractivity contribution is 5.84. The van der Waals surface area contributed by atoms with Crippen molar-refractivity contribution in [2.24, 2.45) is 0 Å². The normalized spacial score (nSPS) is 12.8. The standard InChI is InChI=1S/C26H23NO6/c28-24(32-15-17-8-2-1-3-9-17)14-23(25(29)30)27-26(31)33-16-22-20-12-6-4-10-18(20)19-11-5-7-13-21(19)22/h1-13,22-23H,14-16H2,(H,27,31)(H,29,30)/p-1/t23-/m1/s1. The molecule has 1 amide bonds. The molecule has 0 bridgehead atoms. The first kappa shape index (κ1) is 22.1. The van der Waals surface area contributed by atoms with Gasteiger partial charge in [-0.2, -0.15) is 0 Å². The Balaban J connectivity index is 1.33. The number of carbonyl (C=O) groups is 3. The lowest BCUT2D eigenvalue weighted by molar-refractivity contribution is -0.308. The smallest absolute Gasteiger partial charge is 0.407 e. The second-order valence-corrected chi connectivity index (χ2v) is 7.69. The predicted octanol–water partition coefficient (Wildman–Crippen LogP) is 2.78. The van der Waals surface area contributed by atoms with E-state index in [0.717, 1.165) is 27.8 Å². The van der Waals surface area contributed by atoms with E-state index in [9.17, 15) is 19.5 Å². The van der Waals surface area contributed by atoms with Crippen molar-refractivity contribution in [3.63, 3.8) is 0 Å². The fourth-order valence-corrected chi connectivity index (χ4v) is 3.94. The van der Waals surface area contributed by atoms with Gasteiger partial charge in [-0.15, -0.1) is 0 Å². The van der Waals surface area contributed by atoms with E-state index in [1.54, 1.807) is 24.3 Å². The van der Waals surface area contributed by atoms with Gasteiger partial charge in [0.15, 0.2) is 0 Å². The molecule has 0 saturated carbocycles. The highest BCUT2D eigenvalue weighted by Crippen LogP contribution is 2.44. The van der Waals surface area contributed by atoms with Crippen LogP contribution in [0.4, 0.5) is 4.79 Å². The Morgan fingerprint density at radius 3 is 2.00 bits per heavy atom. The first-order chi connectivity index (χ1) is 16.0. The predicted molar refractivity (Wildman–Crippen MR) is 118 cm³/mol. The number of esters is 1. The second kappa shape index (κ2) is 9.99. The topological polar surface area (TPSA) is 105 Å². The van der Waals surface area contributed by atoms with Gasteiger partial charge in [0.25, 0.3) is 0 Å². The van der Waals surface area contributed by atoms with Crippen LogP contribution in [0.3, 0.4) is 0 Å². The summed E-state index contributed by atoms with van der Waals surface area (Å²) in [7, 11) is 0. The number of rotatable bonds is 8. The van der Waals surface area contributed by atoms with E-state index in [1.165, 1.54) is 0 Å². The second-order valence-electron chi connectivity index (χ2n) is 7.69. The molecule has 4 rings (SSSR count). The summed E-state index contributed by atoms with van der Waals surface area (Å²) in [5, 5.41) is 13.6. The lowest BCUT2D eigenvalue weighted by Crippen LogP contribution is -2.49. The molecular weight excluding hydrogens is 422 g/mol. The van der Waals surface area contributed by atoms with Gasteiger partial charge in [0.2, 0.25) is 0 Å². The molecule has 1 N–H and O–H groups in total.